The van der Waals surface area contributed by atoms with E-state index in [0.29, 0.717) is 34.4 Å². The number of ether oxygens (including phenoxy) is 2. The van der Waals surface area contributed by atoms with Crippen LogP contribution in [0.5, 0.6) is 5.75 Å². The maximum atomic E-state index is 12.2. The third-order valence-corrected chi connectivity index (χ3v) is 5.28. The van der Waals surface area contributed by atoms with Crippen LogP contribution in [-0.4, -0.2) is 65.1 Å². The summed E-state index contributed by atoms with van der Waals surface area (Å²) in [5.74, 6) is 5.28. The van der Waals surface area contributed by atoms with Crippen LogP contribution in [0.1, 0.15) is 22.5 Å². The lowest BCUT2D eigenvalue weighted by Gasteiger charge is -2.13. The van der Waals surface area contributed by atoms with Gasteiger partial charge in [-0.15, -0.1) is 0 Å². The van der Waals surface area contributed by atoms with Gasteiger partial charge in [-0.25, -0.2) is 9.48 Å². The van der Waals surface area contributed by atoms with Crippen molar-refractivity contribution in [3.8, 4) is 23.3 Å². The van der Waals surface area contributed by atoms with E-state index in [-0.39, 0.29) is 12.1 Å². The molecule has 3 aromatic rings. The highest BCUT2D eigenvalue weighted by molar-refractivity contribution is 6.02. The van der Waals surface area contributed by atoms with E-state index in [1.165, 1.54) is 12.0 Å². The molecule has 31 heavy (non-hydrogen) atoms. The number of rotatable bonds is 3. The quantitative estimate of drug-likeness (QED) is 0.514. The Balaban J connectivity index is 1.79. The molecular weight excluding hydrogens is 398 g/mol. The van der Waals surface area contributed by atoms with Gasteiger partial charge in [-0.05, 0) is 30.3 Å². The molecule has 1 N–H and O–H groups in total. The number of fused-ring (bicyclic) bond motifs is 1. The standard InChI is InChI=1S/C23H21N3O5/c1-25-12-11-23(29,22(25)28)10-9-15-5-4-6-16(13-15)26-19-14-17(30-2)7-8-18(19)20(24-26)21(27)31-3/h4-8,13-14,29H,11-12H2,1-3H3/t23-/m0/s1. The summed E-state index contributed by atoms with van der Waals surface area (Å²) in [4.78, 5) is 25.8. The summed E-state index contributed by atoms with van der Waals surface area (Å²) in [6.07, 6.45) is 0.265. The third kappa shape index (κ3) is 3.60. The van der Waals surface area contributed by atoms with E-state index in [4.69, 9.17) is 9.47 Å². The van der Waals surface area contributed by atoms with Crippen LogP contribution >= 0.6 is 0 Å². The average molecular weight is 419 g/mol. The summed E-state index contributed by atoms with van der Waals surface area (Å²) in [6, 6.07) is 12.4. The fourth-order valence-electron chi connectivity index (χ4n) is 3.53. The third-order valence-electron chi connectivity index (χ3n) is 5.28. The van der Waals surface area contributed by atoms with Gasteiger partial charge in [-0.2, -0.15) is 5.10 Å². The minimum absolute atomic E-state index is 0.186. The van der Waals surface area contributed by atoms with Gasteiger partial charge in [0, 0.05) is 37.0 Å². The van der Waals surface area contributed by atoms with Crippen molar-refractivity contribution in [3.05, 3.63) is 53.7 Å². The van der Waals surface area contributed by atoms with E-state index in [0.717, 1.165) is 0 Å². The molecule has 1 fully saturated rings. The number of aromatic nitrogens is 2. The van der Waals surface area contributed by atoms with Gasteiger partial charge in [-0.1, -0.05) is 17.9 Å². The highest BCUT2D eigenvalue weighted by Crippen LogP contribution is 2.27. The zero-order chi connectivity index (χ0) is 22.2. The molecule has 0 saturated carbocycles. The first-order valence-corrected chi connectivity index (χ1v) is 9.63. The van der Waals surface area contributed by atoms with Crippen molar-refractivity contribution >= 4 is 22.8 Å². The van der Waals surface area contributed by atoms with Crippen molar-refractivity contribution in [3.63, 3.8) is 0 Å². The van der Waals surface area contributed by atoms with Crippen LogP contribution in [0.3, 0.4) is 0 Å². The fraction of sp³-hybridized carbons (Fsp3) is 0.261. The molecule has 1 aliphatic heterocycles. The van der Waals surface area contributed by atoms with E-state index in [1.807, 2.05) is 6.07 Å². The van der Waals surface area contributed by atoms with Crippen molar-refractivity contribution in [2.24, 2.45) is 0 Å². The summed E-state index contributed by atoms with van der Waals surface area (Å²) in [5.41, 5.74) is 0.428. The van der Waals surface area contributed by atoms with Crippen molar-refractivity contribution < 1.29 is 24.2 Å². The largest absolute Gasteiger partial charge is 0.497 e. The number of benzene rings is 2. The number of likely N-dealkylation sites (tertiary alicyclic amines) is 1. The van der Waals surface area contributed by atoms with Crippen molar-refractivity contribution in [1.82, 2.24) is 14.7 Å². The molecule has 0 unspecified atom stereocenters. The number of amides is 1. The van der Waals surface area contributed by atoms with Gasteiger partial charge < -0.3 is 19.5 Å². The Morgan fingerprint density at radius 3 is 2.71 bits per heavy atom. The minimum atomic E-state index is -1.67. The Kier molecular flexibility index (Phi) is 5.13. The fourth-order valence-corrected chi connectivity index (χ4v) is 3.53. The second-order valence-electron chi connectivity index (χ2n) is 7.27. The highest BCUT2D eigenvalue weighted by Gasteiger charge is 2.42. The van der Waals surface area contributed by atoms with Gasteiger partial charge in [-0.3, -0.25) is 4.79 Å². The molecule has 1 amide bonds. The van der Waals surface area contributed by atoms with Crippen LogP contribution < -0.4 is 4.74 Å². The van der Waals surface area contributed by atoms with Gasteiger partial charge in [0.05, 0.1) is 25.4 Å². The number of likely N-dealkylation sites (N-methyl/N-ethyl adjacent to an activating group) is 1. The van der Waals surface area contributed by atoms with E-state index in [2.05, 4.69) is 16.9 Å². The van der Waals surface area contributed by atoms with Crippen LogP contribution in [-0.2, 0) is 9.53 Å². The Labute approximate surface area is 179 Å². The first kappa shape index (κ1) is 20.4. The monoisotopic (exact) mass is 419 g/mol. The van der Waals surface area contributed by atoms with Crippen LogP contribution in [0, 0.1) is 11.8 Å². The number of methoxy groups -OCH3 is 2. The molecule has 0 bridgehead atoms. The maximum Gasteiger partial charge on any atom is 0.359 e. The van der Waals surface area contributed by atoms with Crippen LogP contribution in [0.15, 0.2) is 42.5 Å². The first-order chi connectivity index (χ1) is 14.9. The molecule has 0 radical (unpaired) electrons. The van der Waals surface area contributed by atoms with Crippen molar-refractivity contribution in [2.75, 3.05) is 27.8 Å². The topological polar surface area (TPSA) is 93.9 Å². The van der Waals surface area contributed by atoms with E-state index >= 15 is 0 Å². The molecule has 158 valence electrons. The van der Waals surface area contributed by atoms with Gasteiger partial charge in [0.15, 0.2) is 5.69 Å². The Morgan fingerprint density at radius 2 is 2.03 bits per heavy atom. The second-order valence-corrected chi connectivity index (χ2v) is 7.27. The van der Waals surface area contributed by atoms with E-state index in [1.54, 1.807) is 55.2 Å². The molecule has 2 aromatic carbocycles. The summed E-state index contributed by atoms with van der Waals surface area (Å²) in [5, 5.41) is 15.6. The predicted molar refractivity (Wildman–Crippen MR) is 113 cm³/mol. The normalized spacial score (nSPS) is 18.1. The number of hydrogen-bond acceptors (Lipinski definition) is 6. The molecule has 1 aliphatic rings. The lowest BCUT2D eigenvalue weighted by atomic mass is 10.0. The summed E-state index contributed by atoms with van der Waals surface area (Å²) < 4.78 is 11.8. The molecule has 0 aliphatic carbocycles. The van der Waals surface area contributed by atoms with Gasteiger partial charge in [0.1, 0.15) is 5.75 Å². The molecular formula is C23H21N3O5. The number of carbonyl (C=O) groups is 2. The SMILES string of the molecule is COC(=O)c1nn(-c2cccc(C#C[C@]3(O)CCN(C)C3=O)c2)c2cc(OC)ccc12. The zero-order valence-electron chi connectivity index (χ0n) is 17.4. The van der Waals surface area contributed by atoms with Crippen LogP contribution in [0.25, 0.3) is 16.6 Å². The molecule has 2 heterocycles. The first-order valence-electron chi connectivity index (χ1n) is 9.63. The molecule has 0 spiro atoms. The summed E-state index contributed by atoms with van der Waals surface area (Å²) in [7, 11) is 4.50. The van der Waals surface area contributed by atoms with Crippen LogP contribution in [0.2, 0.25) is 0 Å². The average Bonchev–Trinajstić information content (AvgIpc) is 3.30. The molecule has 1 saturated heterocycles. The highest BCUT2D eigenvalue weighted by atomic mass is 16.5. The zero-order valence-corrected chi connectivity index (χ0v) is 17.4. The molecule has 4 rings (SSSR count). The maximum absolute atomic E-state index is 12.2. The van der Waals surface area contributed by atoms with Gasteiger partial charge in [0.25, 0.3) is 5.91 Å². The number of nitrogens with zero attached hydrogens (tertiary/aromatic N) is 3. The number of hydrogen-bond donors (Lipinski definition) is 1. The number of carbonyl (C=O) groups excluding carboxylic acids is 2. The van der Waals surface area contributed by atoms with Gasteiger partial charge >= 0.3 is 5.97 Å². The van der Waals surface area contributed by atoms with E-state index < -0.39 is 17.5 Å². The minimum Gasteiger partial charge on any atom is -0.497 e. The summed E-state index contributed by atoms with van der Waals surface area (Å²) >= 11 is 0. The molecule has 1 aromatic heterocycles. The predicted octanol–water partition coefficient (Wildman–Crippen LogP) is 1.77. The smallest absolute Gasteiger partial charge is 0.359 e. The Morgan fingerprint density at radius 1 is 1.23 bits per heavy atom. The number of aliphatic hydroxyl groups is 1. The summed E-state index contributed by atoms with van der Waals surface area (Å²) in [6.45, 7) is 0.460. The lowest BCUT2D eigenvalue weighted by Crippen LogP contribution is -2.37. The Bertz CT molecular complexity index is 1250. The van der Waals surface area contributed by atoms with Crippen LogP contribution in [0.4, 0.5) is 0 Å². The van der Waals surface area contributed by atoms with Gasteiger partial charge in [0.2, 0.25) is 5.60 Å². The molecule has 1 atom stereocenters. The Hall–Kier alpha value is -3.83. The molecule has 8 nitrogen and oxygen atoms in total. The van der Waals surface area contributed by atoms with Crippen molar-refractivity contribution in [2.45, 2.75) is 12.0 Å². The number of esters is 1. The lowest BCUT2D eigenvalue weighted by molar-refractivity contribution is -0.137. The van der Waals surface area contributed by atoms with E-state index in [9.17, 15) is 14.7 Å². The second kappa shape index (κ2) is 7.78. The van der Waals surface area contributed by atoms with Crippen molar-refractivity contribution in [1.29, 1.82) is 0 Å². The molecule has 8 heteroatoms.